The molecule has 188 valence electrons. The van der Waals surface area contributed by atoms with Crippen LogP contribution in [-0.2, 0) is 11.4 Å². The molecular weight excluding hydrogens is 476 g/mol. The monoisotopic (exact) mass is 502 g/mol. The van der Waals surface area contributed by atoms with Gasteiger partial charge in [0, 0.05) is 40.6 Å². The number of carbonyl (C=O) groups is 2. The second-order valence-electron chi connectivity index (χ2n) is 9.34. The Bertz CT molecular complexity index is 1750. The first-order chi connectivity index (χ1) is 18.6. The number of rotatable bonds is 5. The maximum Gasteiger partial charge on any atom is 0.365 e. The van der Waals surface area contributed by atoms with E-state index < -0.39 is 5.97 Å². The summed E-state index contributed by atoms with van der Waals surface area (Å²) >= 11 is 0. The molecule has 0 aliphatic carbocycles. The van der Waals surface area contributed by atoms with Gasteiger partial charge in [-0.1, -0.05) is 47.6 Å². The molecule has 0 fully saturated rings. The first kappa shape index (κ1) is 23.7. The molecule has 6 heteroatoms. The first-order valence-electron chi connectivity index (χ1n) is 12.7. The Balaban J connectivity index is 1.47. The molecule has 1 aliphatic rings. The van der Waals surface area contributed by atoms with Crippen LogP contribution in [0.1, 0.15) is 50.8 Å². The van der Waals surface area contributed by atoms with Crippen molar-refractivity contribution in [3.05, 3.63) is 113 Å². The summed E-state index contributed by atoms with van der Waals surface area (Å²) in [6.45, 7) is 5.22. The normalized spacial score (nSPS) is 13.9. The van der Waals surface area contributed by atoms with Crippen LogP contribution in [0.2, 0.25) is 0 Å². The van der Waals surface area contributed by atoms with E-state index in [4.69, 9.17) is 9.57 Å². The summed E-state index contributed by atoms with van der Waals surface area (Å²) in [5.74, 6) is 0.179. The average Bonchev–Trinajstić information content (AvgIpc) is 3.29. The molecule has 0 spiro atoms. The molecule has 1 aromatic heterocycles. The summed E-state index contributed by atoms with van der Waals surface area (Å²) in [6, 6.07) is 26.3. The van der Waals surface area contributed by atoms with Crippen LogP contribution in [0, 0.1) is 6.92 Å². The summed E-state index contributed by atoms with van der Waals surface area (Å²) in [7, 11) is 0. The van der Waals surface area contributed by atoms with E-state index in [9.17, 15) is 9.59 Å². The molecule has 0 unspecified atom stereocenters. The number of nitrogens with zero attached hydrogens (tertiary/aromatic N) is 2. The van der Waals surface area contributed by atoms with Crippen molar-refractivity contribution in [3.8, 4) is 5.75 Å². The fraction of sp³-hybridized carbons (Fsp3) is 0.156. The molecule has 0 saturated heterocycles. The molecule has 4 aromatic carbocycles. The van der Waals surface area contributed by atoms with E-state index >= 15 is 0 Å². The predicted molar refractivity (Wildman–Crippen MR) is 148 cm³/mol. The Morgan fingerprint density at radius 3 is 2.47 bits per heavy atom. The maximum absolute atomic E-state index is 13.4. The molecule has 6 rings (SSSR count). The van der Waals surface area contributed by atoms with Crippen LogP contribution < -0.4 is 4.74 Å². The van der Waals surface area contributed by atoms with Gasteiger partial charge in [0.05, 0.1) is 28.8 Å². The van der Waals surface area contributed by atoms with Gasteiger partial charge in [-0.05, 0) is 61.9 Å². The SMILES string of the molecule is CCn1c2ccc(C(=O)c3ccccc3C)cc2c2c3c(ccc21)/C(=N/OC(=O)c1ccccc1)CCO3. The van der Waals surface area contributed by atoms with Gasteiger partial charge in [-0.2, -0.15) is 0 Å². The highest BCUT2D eigenvalue weighted by Gasteiger charge is 2.25. The Morgan fingerprint density at radius 1 is 0.921 bits per heavy atom. The number of aryl methyl sites for hydroxylation is 2. The van der Waals surface area contributed by atoms with Crippen molar-refractivity contribution in [2.75, 3.05) is 6.61 Å². The molecule has 2 heterocycles. The minimum Gasteiger partial charge on any atom is -0.492 e. The number of hydrogen-bond acceptors (Lipinski definition) is 5. The molecule has 0 atom stereocenters. The molecule has 0 saturated carbocycles. The summed E-state index contributed by atoms with van der Waals surface area (Å²) in [5, 5.41) is 6.11. The summed E-state index contributed by atoms with van der Waals surface area (Å²) in [4.78, 5) is 31.2. The van der Waals surface area contributed by atoms with E-state index in [1.165, 1.54) is 0 Å². The van der Waals surface area contributed by atoms with Crippen LogP contribution in [0.4, 0.5) is 0 Å². The third-order valence-electron chi connectivity index (χ3n) is 7.10. The van der Waals surface area contributed by atoms with E-state index in [1.807, 2.05) is 67.6 Å². The molecular formula is C32H26N2O4. The van der Waals surface area contributed by atoms with Crippen molar-refractivity contribution in [1.29, 1.82) is 0 Å². The number of ketones is 1. The Kier molecular flexibility index (Phi) is 6.00. The molecule has 0 bridgehead atoms. The summed E-state index contributed by atoms with van der Waals surface area (Å²) in [5.41, 5.74) is 6.19. The molecule has 0 N–H and O–H groups in total. The maximum atomic E-state index is 13.4. The van der Waals surface area contributed by atoms with Crippen LogP contribution in [-0.4, -0.2) is 28.6 Å². The predicted octanol–water partition coefficient (Wildman–Crippen LogP) is 6.70. The van der Waals surface area contributed by atoms with Gasteiger partial charge in [0.25, 0.3) is 0 Å². The first-order valence-corrected chi connectivity index (χ1v) is 12.7. The van der Waals surface area contributed by atoms with Crippen LogP contribution in [0.3, 0.4) is 0 Å². The largest absolute Gasteiger partial charge is 0.492 e. The van der Waals surface area contributed by atoms with Crippen molar-refractivity contribution >= 4 is 39.3 Å². The summed E-state index contributed by atoms with van der Waals surface area (Å²) < 4.78 is 8.43. The molecule has 1 aliphatic heterocycles. The van der Waals surface area contributed by atoms with Gasteiger partial charge in [0.1, 0.15) is 5.75 Å². The van der Waals surface area contributed by atoms with E-state index in [-0.39, 0.29) is 5.78 Å². The van der Waals surface area contributed by atoms with Crippen LogP contribution >= 0.6 is 0 Å². The Labute approximate surface area is 220 Å². The number of fused-ring (bicyclic) bond motifs is 5. The van der Waals surface area contributed by atoms with Crippen molar-refractivity contribution < 1.29 is 19.2 Å². The van der Waals surface area contributed by atoms with Gasteiger partial charge in [0.15, 0.2) is 5.78 Å². The number of benzene rings is 4. The van der Waals surface area contributed by atoms with Crippen molar-refractivity contribution in [2.45, 2.75) is 26.8 Å². The lowest BCUT2D eigenvalue weighted by Gasteiger charge is -2.20. The Morgan fingerprint density at radius 2 is 1.68 bits per heavy atom. The van der Waals surface area contributed by atoms with Crippen molar-refractivity contribution in [1.82, 2.24) is 4.57 Å². The molecule has 0 amide bonds. The second kappa shape index (κ2) is 9.63. The third-order valence-corrected chi connectivity index (χ3v) is 7.10. The zero-order valence-electron chi connectivity index (χ0n) is 21.2. The number of hydrogen-bond donors (Lipinski definition) is 0. The fourth-order valence-corrected chi connectivity index (χ4v) is 5.20. The lowest BCUT2D eigenvalue weighted by atomic mass is 9.96. The molecule has 0 radical (unpaired) electrons. The van der Waals surface area contributed by atoms with Gasteiger partial charge in [-0.15, -0.1) is 0 Å². The quantitative estimate of drug-likeness (QED) is 0.152. The number of aromatic nitrogens is 1. The summed E-state index contributed by atoms with van der Waals surface area (Å²) in [6.07, 6.45) is 0.518. The minimum absolute atomic E-state index is 0.0109. The second-order valence-corrected chi connectivity index (χ2v) is 9.34. The van der Waals surface area contributed by atoms with Crippen molar-refractivity contribution in [2.24, 2.45) is 5.16 Å². The van der Waals surface area contributed by atoms with Gasteiger partial charge in [-0.3, -0.25) is 4.79 Å². The topological polar surface area (TPSA) is 69.9 Å². The van der Waals surface area contributed by atoms with E-state index in [2.05, 4.69) is 16.6 Å². The van der Waals surface area contributed by atoms with Gasteiger partial charge in [0.2, 0.25) is 0 Å². The van der Waals surface area contributed by atoms with E-state index in [0.29, 0.717) is 41.2 Å². The molecule has 5 aromatic rings. The van der Waals surface area contributed by atoms with Gasteiger partial charge in [-0.25, -0.2) is 4.79 Å². The van der Waals surface area contributed by atoms with Crippen LogP contribution in [0.15, 0.2) is 90.1 Å². The lowest BCUT2D eigenvalue weighted by molar-refractivity contribution is 0.0514. The standard InChI is InChI=1S/C32H26N2O4/c1-3-34-27-15-13-22(30(35)23-12-8-7-9-20(23)2)19-25(27)29-28(34)16-14-24-26(17-18-37-31(24)29)33-38-32(36)21-10-5-4-6-11-21/h4-16,19H,3,17-18H2,1-2H3/b33-26+. The lowest BCUT2D eigenvalue weighted by Crippen LogP contribution is -2.17. The smallest absolute Gasteiger partial charge is 0.365 e. The number of carbonyl (C=O) groups excluding carboxylic acids is 2. The van der Waals surface area contributed by atoms with Crippen LogP contribution in [0.25, 0.3) is 21.8 Å². The van der Waals surface area contributed by atoms with Crippen LogP contribution in [0.5, 0.6) is 5.75 Å². The minimum atomic E-state index is -0.505. The zero-order chi connectivity index (χ0) is 26.2. The van der Waals surface area contributed by atoms with Gasteiger partial charge < -0.3 is 14.1 Å². The fourth-order valence-electron chi connectivity index (χ4n) is 5.20. The highest BCUT2D eigenvalue weighted by Crippen LogP contribution is 2.41. The average molecular weight is 503 g/mol. The number of oxime groups is 1. The molecule has 38 heavy (non-hydrogen) atoms. The highest BCUT2D eigenvalue weighted by molar-refractivity contribution is 6.19. The zero-order valence-corrected chi connectivity index (χ0v) is 21.2. The third kappa shape index (κ3) is 3.95. The van der Waals surface area contributed by atoms with E-state index in [0.717, 1.165) is 39.5 Å². The number of ether oxygens (including phenoxy) is 1. The highest BCUT2D eigenvalue weighted by atomic mass is 16.7. The van der Waals surface area contributed by atoms with E-state index in [1.54, 1.807) is 24.3 Å². The Hall–Kier alpha value is -4.71. The molecule has 6 nitrogen and oxygen atoms in total. The van der Waals surface area contributed by atoms with Crippen molar-refractivity contribution in [3.63, 3.8) is 0 Å². The van der Waals surface area contributed by atoms with Gasteiger partial charge >= 0.3 is 5.97 Å².